The van der Waals surface area contributed by atoms with Crippen LogP contribution in [0.25, 0.3) is 0 Å². The maximum absolute atomic E-state index is 12.5. The summed E-state index contributed by atoms with van der Waals surface area (Å²) in [5.41, 5.74) is 1.83. The summed E-state index contributed by atoms with van der Waals surface area (Å²) in [5.74, 6) is 1.82. The lowest BCUT2D eigenvalue weighted by atomic mass is 10.1. The van der Waals surface area contributed by atoms with Gasteiger partial charge in [-0.2, -0.15) is 0 Å². The molecule has 0 saturated heterocycles. The second-order valence-electron chi connectivity index (χ2n) is 5.72. The normalized spacial score (nSPS) is 13.7. The van der Waals surface area contributed by atoms with E-state index in [0.29, 0.717) is 36.2 Å². The zero-order valence-corrected chi connectivity index (χ0v) is 15.0. The molecule has 0 aromatic heterocycles. The highest BCUT2D eigenvalue weighted by molar-refractivity contribution is 6.30. The van der Waals surface area contributed by atoms with Gasteiger partial charge in [0, 0.05) is 29.7 Å². The molecule has 0 spiro atoms. The van der Waals surface area contributed by atoms with Crippen molar-refractivity contribution in [1.82, 2.24) is 4.90 Å². The first-order valence-electron chi connectivity index (χ1n) is 8.09. The fourth-order valence-electron chi connectivity index (χ4n) is 2.84. The number of amides is 1. The van der Waals surface area contributed by atoms with E-state index in [1.807, 2.05) is 37.3 Å². The summed E-state index contributed by atoms with van der Waals surface area (Å²) in [6.45, 7) is 3.39. The summed E-state index contributed by atoms with van der Waals surface area (Å²) in [6, 6.07) is 11.2. The van der Waals surface area contributed by atoms with Gasteiger partial charge in [-0.3, -0.25) is 4.79 Å². The molecule has 1 amide bonds. The van der Waals surface area contributed by atoms with E-state index < -0.39 is 0 Å². The molecule has 3 rings (SSSR count). The minimum atomic E-state index is -0.0869. The van der Waals surface area contributed by atoms with Crippen LogP contribution in [0.5, 0.6) is 17.2 Å². The molecule has 2 aromatic rings. The van der Waals surface area contributed by atoms with E-state index in [4.69, 9.17) is 25.8 Å². The Balaban J connectivity index is 1.86. The molecular weight excluding hydrogens is 342 g/mol. The molecule has 0 aliphatic carbocycles. The molecule has 0 saturated carbocycles. The van der Waals surface area contributed by atoms with Crippen molar-refractivity contribution in [3.05, 3.63) is 52.5 Å². The molecule has 0 fully saturated rings. The van der Waals surface area contributed by atoms with E-state index in [0.717, 1.165) is 16.9 Å². The number of fused-ring (bicyclic) bond motifs is 1. The largest absolute Gasteiger partial charge is 0.494 e. The molecule has 2 aromatic carbocycles. The first-order chi connectivity index (χ1) is 12.1. The van der Waals surface area contributed by atoms with E-state index in [2.05, 4.69) is 0 Å². The minimum Gasteiger partial charge on any atom is -0.494 e. The van der Waals surface area contributed by atoms with Gasteiger partial charge in [0.15, 0.2) is 18.1 Å². The van der Waals surface area contributed by atoms with Gasteiger partial charge in [-0.25, -0.2) is 0 Å². The number of carbonyl (C=O) groups excluding carboxylic acids is 1. The highest BCUT2D eigenvalue weighted by atomic mass is 35.5. The molecular formula is C19H20ClNO4. The SMILES string of the molecule is CCOc1cccc(CN2Cc3cc(Cl)cc(OC)c3OCC2=O)c1. The van der Waals surface area contributed by atoms with E-state index in [-0.39, 0.29) is 12.5 Å². The van der Waals surface area contributed by atoms with Gasteiger partial charge in [0.2, 0.25) is 0 Å². The highest BCUT2D eigenvalue weighted by Crippen LogP contribution is 2.37. The van der Waals surface area contributed by atoms with Crippen molar-refractivity contribution in [1.29, 1.82) is 0 Å². The number of benzene rings is 2. The molecule has 132 valence electrons. The highest BCUT2D eigenvalue weighted by Gasteiger charge is 2.24. The molecule has 0 radical (unpaired) electrons. The smallest absolute Gasteiger partial charge is 0.261 e. The van der Waals surface area contributed by atoms with E-state index in [1.165, 1.54) is 0 Å². The van der Waals surface area contributed by atoms with Crippen LogP contribution in [0.2, 0.25) is 5.02 Å². The summed E-state index contributed by atoms with van der Waals surface area (Å²) in [5, 5.41) is 0.548. The minimum absolute atomic E-state index is 0.0316. The second kappa shape index (κ2) is 7.66. The van der Waals surface area contributed by atoms with E-state index in [1.54, 1.807) is 18.1 Å². The van der Waals surface area contributed by atoms with Crippen LogP contribution in [-0.4, -0.2) is 31.1 Å². The van der Waals surface area contributed by atoms with Gasteiger partial charge in [-0.15, -0.1) is 0 Å². The first-order valence-corrected chi connectivity index (χ1v) is 8.47. The van der Waals surface area contributed by atoms with Gasteiger partial charge < -0.3 is 19.1 Å². The van der Waals surface area contributed by atoms with Crippen LogP contribution in [0.3, 0.4) is 0 Å². The molecule has 6 heteroatoms. The quantitative estimate of drug-likeness (QED) is 0.815. The summed E-state index contributed by atoms with van der Waals surface area (Å²) in [7, 11) is 1.55. The second-order valence-corrected chi connectivity index (χ2v) is 6.15. The fraction of sp³-hybridized carbons (Fsp3) is 0.316. The average Bonchev–Trinajstić information content (AvgIpc) is 2.74. The van der Waals surface area contributed by atoms with Gasteiger partial charge in [-0.1, -0.05) is 23.7 Å². The maximum atomic E-state index is 12.5. The van der Waals surface area contributed by atoms with Gasteiger partial charge >= 0.3 is 0 Å². The van der Waals surface area contributed by atoms with Gasteiger partial charge in [0.25, 0.3) is 5.91 Å². The summed E-state index contributed by atoms with van der Waals surface area (Å²) in [6.07, 6.45) is 0. The van der Waals surface area contributed by atoms with Crippen LogP contribution in [0.4, 0.5) is 0 Å². The molecule has 1 aliphatic rings. The number of ether oxygens (including phenoxy) is 3. The Morgan fingerprint density at radius 1 is 1.28 bits per heavy atom. The standard InChI is InChI=1S/C19H20ClNO4/c1-3-24-16-6-4-5-13(7-16)10-21-11-14-8-15(20)9-17(23-2)19(14)25-12-18(21)22/h4-9H,3,10-12H2,1-2H3. The Labute approximate surface area is 152 Å². The number of hydrogen-bond acceptors (Lipinski definition) is 4. The third kappa shape index (κ3) is 3.99. The third-order valence-electron chi connectivity index (χ3n) is 3.95. The van der Waals surface area contributed by atoms with Crippen molar-refractivity contribution in [2.75, 3.05) is 20.3 Å². The number of nitrogens with zero attached hydrogens (tertiary/aromatic N) is 1. The molecule has 0 bridgehead atoms. The summed E-state index contributed by atoms with van der Waals surface area (Å²) >= 11 is 6.16. The first kappa shape index (κ1) is 17.4. The van der Waals surface area contributed by atoms with Crippen LogP contribution in [0, 0.1) is 0 Å². The lowest BCUT2D eigenvalue weighted by Gasteiger charge is -2.20. The predicted molar refractivity (Wildman–Crippen MR) is 95.4 cm³/mol. The average molecular weight is 362 g/mol. The Hall–Kier alpha value is -2.40. The van der Waals surface area contributed by atoms with Crippen LogP contribution < -0.4 is 14.2 Å². The lowest BCUT2D eigenvalue weighted by Crippen LogP contribution is -2.31. The van der Waals surface area contributed by atoms with Crippen LogP contribution in [-0.2, 0) is 17.9 Å². The number of hydrogen-bond donors (Lipinski definition) is 0. The lowest BCUT2D eigenvalue weighted by molar-refractivity contribution is -0.133. The predicted octanol–water partition coefficient (Wildman–Crippen LogP) is 3.67. The Morgan fingerprint density at radius 3 is 2.88 bits per heavy atom. The van der Waals surface area contributed by atoms with Crippen LogP contribution >= 0.6 is 11.6 Å². The topological polar surface area (TPSA) is 48.0 Å². The number of halogens is 1. The van der Waals surface area contributed by atoms with Crippen molar-refractivity contribution in [3.8, 4) is 17.2 Å². The Morgan fingerprint density at radius 2 is 2.12 bits per heavy atom. The van der Waals surface area contributed by atoms with Gasteiger partial charge in [0.1, 0.15) is 5.75 Å². The molecule has 5 nitrogen and oxygen atoms in total. The number of carbonyl (C=O) groups is 1. The third-order valence-corrected chi connectivity index (χ3v) is 4.17. The van der Waals surface area contributed by atoms with Crippen molar-refractivity contribution in [2.24, 2.45) is 0 Å². The zero-order chi connectivity index (χ0) is 17.8. The molecule has 0 atom stereocenters. The Kier molecular flexibility index (Phi) is 5.34. The van der Waals surface area contributed by atoms with E-state index >= 15 is 0 Å². The summed E-state index contributed by atoms with van der Waals surface area (Å²) < 4.78 is 16.5. The molecule has 0 N–H and O–H groups in total. The molecule has 0 unspecified atom stereocenters. The Bertz CT molecular complexity index is 778. The van der Waals surface area contributed by atoms with Gasteiger partial charge in [0.05, 0.1) is 13.7 Å². The van der Waals surface area contributed by atoms with E-state index in [9.17, 15) is 4.79 Å². The number of methoxy groups -OCH3 is 1. The zero-order valence-electron chi connectivity index (χ0n) is 14.3. The van der Waals surface area contributed by atoms with Crippen molar-refractivity contribution in [2.45, 2.75) is 20.0 Å². The maximum Gasteiger partial charge on any atom is 0.261 e. The van der Waals surface area contributed by atoms with Gasteiger partial charge in [-0.05, 0) is 30.7 Å². The van der Waals surface area contributed by atoms with Crippen LogP contribution in [0.15, 0.2) is 36.4 Å². The van der Waals surface area contributed by atoms with Crippen molar-refractivity contribution >= 4 is 17.5 Å². The van der Waals surface area contributed by atoms with Crippen LogP contribution in [0.1, 0.15) is 18.1 Å². The molecule has 25 heavy (non-hydrogen) atoms. The fourth-order valence-corrected chi connectivity index (χ4v) is 3.07. The summed E-state index contributed by atoms with van der Waals surface area (Å²) in [4.78, 5) is 14.2. The monoisotopic (exact) mass is 361 g/mol. The number of rotatable bonds is 5. The molecule has 1 aliphatic heterocycles. The molecule has 1 heterocycles. The van der Waals surface area contributed by atoms with Crippen molar-refractivity contribution in [3.63, 3.8) is 0 Å². The van der Waals surface area contributed by atoms with Crippen molar-refractivity contribution < 1.29 is 19.0 Å².